The van der Waals surface area contributed by atoms with Crippen LogP contribution < -0.4 is 5.73 Å². The first kappa shape index (κ1) is 17.2. The molecule has 1 aromatic carbocycles. The Morgan fingerprint density at radius 3 is 2.41 bits per heavy atom. The molecule has 6 heteroatoms. The average Bonchev–Trinajstić information content (AvgIpc) is 3.09. The van der Waals surface area contributed by atoms with Gasteiger partial charge in [-0.1, -0.05) is 24.3 Å². The summed E-state index contributed by atoms with van der Waals surface area (Å²) in [6.45, 7) is 0. The topological polar surface area (TPSA) is 77.0 Å². The third-order valence-electron chi connectivity index (χ3n) is 5.18. The number of aromatic nitrogens is 3. The molecule has 0 radical (unpaired) electrons. The van der Waals surface area contributed by atoms with E-state index in [-0.39, 0.29) is 0 Å². The van der Waals surface area contributed by atoms with E-state index in [2.05, 4.69) is 15.0 Å². The van der Waals surface area contributed by atoms with Crippen LogP contribution in [-0.2, 0) is 5.54 Å². The fourth-order valence-corrected chi connectivity index (χ4v) is 3.91. The summed E-state index contributed by atoms with van der Waals surface area (Å²) >= 11 is 0. The predicted molar refractivity (Wildman–Crippen MR) is 109 cm³/mol. The van der Waals surface area contributed by atoms with Crippen molar-refractivity contribution in [1.82, 2.24) is 15.0 Å². The Morgan fingerprint density at radius 2 is 1.59 bits per heavy atom. The van der Waals surface area contributed by atoms with Crippen molar-refractivity contribution in [2.45, 2.75) is 5.54 Å². The highest BCUT2D eigenvalue weighted by atomic mass is 19.1. The Bertz CT molecular complexity index is 1240. The molecule has 0 aliphatic carbocycles. The van der Waals surface area contributed by atoms with Crippen molar-refractivity contribution in [3.63, 3.8) is 0 Å². The molecule has 0 saturated carbocycles. The summed E-state index contributed by atoms with van der Waals surface area (Å²) in [5.41, 5.74) is 9.84. The Labute approximate surface area is 166 Å². The molecular weight excluding hydrogens is 365 g/mol. The molecule has 1 aliphatic heterocycles. The van der Waals surface area contributed by atoms with Crippen LogP contribution in [0.4, 0.5) is 4.39 Å². The number of rotatable bonds is 3. The maximum Gasteiger partial charge on any atom is 0.220 e. The van der Waals surface area contributed by atoms with Gasteiger partial charge in [0.2, 0.25) is 5.95 Å². The molecule has 4 aromatic rings. The Balaban J connectivity index is 1.80. The molecule has 1 aliphatic rings. The van der Waals surface area contributed by atoms with Gasteiger partial charge >= 0.3 is 0 Å². The third kappa shape index (κ3) is 2.61. The molecule has 140 valence electrons. The van der Waals surface area contributed by atoms with Crippen LogP contribution in [0.2, 0.25) is 0 Å². The minimum Gasteiger partial charge on any atom is -0.382 e. The zero-order valence-electron chi connectivity index (χ0n) is 15.3. The first-order chi connectivity index (χ1) is 14.2. The maximum atomic E-state index is 14.3. The van der Waals surface area contributed by atoms with Crippen LogP contribution in [0.1, 0.15) is 22.4 Å². The minimum atomic E-state index is -0.884. The highest BCUT2D eigenvalue weighted by Crippen LogP contribution is 2.45. The van der Waals surface area contributed by atoms with Gasteiger partial charge in [-0.25, -0.2) is 9.98 Å². The number of nitrogens with zero attached hydrogens (tertiary/aromatic N) is 4. The van der Waals surface area contributed by atoms with Gasteiger partial charge in [0.15, 0.2) is 0 Å². The van der Waals surface area contributed by atoms with E-state index in [1.807, 2.05) is 48.5 Å². The van der Waals surface area contributed by atoms with Gasteiger partial charge in [0, 0.05) is 35.9 Å². The first-order valence-electron chi connectivity index (χ1n) is 9.13. The highest BCUT2D eigenvalue weighted by molar-refractivity contribution is 6.01. The number of benzene rings is 1. The van der Waals surface area contributed by atoms with Gasteiger partial charge in [0.05, 0.1) is 0 Å². The number of pyridine rings is 3. The van der Waals surface area contributed by atoms with Gasteiger partial charge in [0.1, 0.15) is 17.1 Å². The first-order valence-corrected chi connectivity index (χ1v) is 9.13. The molecule has 5 nitrogen and oxygen atoms in total. The van der Waals surface area contributed by atoms with E-state index in [4.69, 9.17) is 10.7 Å². The molecule has 0 fully saturated rings. The molecule has 4 heterocycles. The number of hydrogen-bond acceptors (Lipinski definition) is 5. The van der Waals surface area contributed by atoms with E-state index in [9.17, 15) is 4.39 Å². The van der Waals surface area contributed by atoms with Crippen molar-refractivity contribution in [2.75, 3.05) is 0 Å². The summed E-state index contributed by atoms with van der Waals surface area (Å²) in [4.78, 5) is 17.2. The summed E-state index contributed by atoms with van der Waals surface area (Å²) in [6, 6.07) is 18.7. The van der Waals surface area contributed by atoms with E-state index in [0.717, 1.165) is 16.7 Å². The van der Waals surface area contributed by atoms with Crippen LogP contribution in [0.15, 0.2) is 90.4 Å². The largest absolute Gasteiger partial charge is 0.382 e. The molecule has 3 aromatic heterocycles. The predicted octanol–water partition coefficient (Wildman–Crippen LogP) is 3.69. The van der Waals surface area contributed by atoms with Crippen molar-refractivity contribution in [1.29, 1.82) is 0 Å². The molecule has 1 unspecified atom stereocenters. The monoisotopic (exact) mass is 381 g/mol. The summed E-state index contributed by atoms with van der Waals surface area (Å²) in [5, 5.41) is 0. The van der Waals surface area contributed by atoms with Crippen molar-refractivity contribution in [3.8, 4) is 11.1 Å². The minimum absolute atomic E-state index is 0.371. The summed E-state index contributed by atoms with van der Waals surface area (Å²) in [5.74, 6) is -0.144. The van der Waals surface area contributed by atoms with Crippen molar-refractivity contribution in [2.24, 2.45) is 10.7 Å². The molecule has 1 atom stereocenters. The molecule has 29 heavy (non-hydrogen) atoms. The van der Waals surface area contributed by atoms with Crippen molar-refractivity contribution in [3.05, 3.63) is 114 Å². The number of fused-ring (bicyclic) bond motifs is 1. The molecular formula is C23H16FN5. The van der Waals surface area contributed by atoms with Crippen molar-refractivity contribution < 1.29 is 4.39 Å². The second-order valence-electron chi connectivity index (χ2n) is 6.77. The molecule has 0 spiro atoms. The van der Waals surface area contributed by atoms with Crippen LogP contribution in [0.5, 0.6) is 0 Å². The Hall–Kier alpha value is -3.93. The van der Waals surface area contributed by atoms with Gasteiger partial charge in [-0.15, -0.1) is 0 Å². The lowest BCUT2D eigenvalue weighted by Gasteiger charge is -2.29. The lowest BCUT2D eigenvalue weighted by molar-refractivity contribution is 0.587. The van der Waals surface area contributed by atoms with Gasteiger partial charge < -0.3 is 5.73 Å². The number of halogens is 1. The Morgan fingerprint density at radius 1 is 0.793 bits per heavy atom. The van der Waals surface area contributed by atoms with Gasteiger partial charge in [-0.05, 0) is 53.1 Å². The summed E-state index contributed by atoms with van der Waals surface area (Å²) < 4.78 is 14.3. The second kappa shape index (κ2) is 6.60. The van der Waals surface area contributed by atoms with Gasteiger partial charge in [-0.3, -0.25) is 9.97 Å². The fraction of sp³-hybridized carbons (Fsp3) is 0.0435. The lowest BCUT2D eigenvalue weighted by atomic mass is 9.78. The molecule has 2 N–H and O–H groups in total. The van der Waals surface area contributed by atoms with E-state index in [1.165, 1.54) is 6.20 Å². The summed E-state index contributed by atoms with van der Waals surface area (Å²) in [6.07, 6.45) is 6.58. The zero-order chi connectivity index (χ0) is 19.8. The van der Waals surface area contributed by atoms with Crippen LogP contribution in [0, 0.1) is 5.95 Å². The smallest absolute Gasteiger partial charge is 0.220 e. The van der Waals surface area contributed by atoms with Crippen LogP contribution in [-0.4, -0.2) is 20.8 Å². The number of amidine groups is 1. The van der Waals surface area contributed by atoms with Crippen LogP contribution >= 0.6 is 0 Å². The SMILES string of the molecule is NC1=NC(c2ccncc2)(c2cccc(-c3cccnc3F)c2)c2cccnc21. The standard InChI is InChI=1S/C23H16FN5/c24-21-18(6-2-11-28-21)15-4-1-5-17(14-15)23(16-8-12-26-13-9-16)19-7-3-10-27-20(19)22(25)29-23/h1-14H,(H2,25,29). The molecule has 0 saturated heterocycles. The zero-order valence-corrected chi connectivity index (χ0v) is 15.3. The fourth-order valence-electron chi connectivity index (χ4n) is 3.91. The van der Waals surface area contributed by atoms with E-state index >= 15 is 0 Å². The van der Waals surface area contributed by atoms with E-state index < -0.39 is 11.5 Å². The average molecular weight is 381 g/mol. The second-order valence-corrected chi connectivity index (χ2v) is 6.77. The van der Waals surface area contributed by atoms with Crippen LogP contribution in [0.25, 0.3) is 11.1 Å². The Kier molecular flexibility index (Phi) is 3.91. The van der Waals surface area contributed by atoms with Gasteiger partial charge in [-0.2, -0.15) is 4.39 Å². The van der Waals surface area contributed by atoms with Gasteiger partial charge in [0.25, 0.3) is 0 Å². The quantitative estimate of drug-likeness (QED) is 0.549. The highest BCUT2D eigenvalue weighted by Gasteiger charge is 2.43. The third-order valence-corrected chi connectivity index (χ3v) is 5.18. The summed E-state index contributed by atoms with van der Waals surface area (Å²) in [7, 11) is 0. The maximum absolute atomic E-state index is 14.3. The lowest BCUT2D eigenvalue weighted by Crippen LogP contribution is -2.25. The number of nitrogens with two attached hydrogens (primary N) is 1. The molecule has 0 amide bonds. The van der Waals surface area contributed by atoms with E-state index in [0.29, 0.717) is 22.7 Å². The normalized spacial score (nSPS) is 17.6. The van der Waals surface area contributed by atoms with Crippen LogP contribution in [0.3, 0.4) is 0 Å². The number of hydrogen-bond donors (Lipinski definition) is 1. The molecule has 0 bridgehead atoms. The van der Waals surface area contributed by atoms with Crippen molar-refractivity contribution >= 4 is 5.84 Å². The number of aliphatic imine (C=N–C) groups is 1. The van der Waals surface area contributed by atoms with E-state index in [1.54, 1.807) is 30.7 Å². The molecule has 5 rings (SSSR count).